The number of benzene rings is 1. The molecule has 1 aromatic rings. The minimum absolute atomic E-state index is 0.140. The molecule has 1 N–H and O–H groups in total. The van der Waals surface area contributed by atoms with Crippen LogP contribution in [0.25, 0.3) is 0 Å². The van der Waals surface area contributed by atoms with Gasteiger partial charge in [-0.15, -0.1) is 0 Å². The molecule has 0 aliphatic carbocycles. The number of rotatable bonds is 4. The zero-order valence-electron chi connectivity index (χ0n) is 13.7. The Hall–Kier alpha value is -1.02. The summed E-state index contributed by atoms with van der Waals surface area (Å²) in [6.45, 7) is 13.2. The first kappa shape index (κ1) is 15.4. The number of nitrogens with one attached hydrogen (secondary N) is 1. The number of hydrogen-bond donors (Lipinski definition) is 1. The summed E-state index contributed by atoms with van der Waals surface area (Å²) in [6, 6.07) is 6.63. The maximum absolute atomic E-state index is 5.97. The lowest BCUT2D eigenvalue weighted by atomic mass is 9.79. The Bertz CT molecular complexity index is 457. The molecule has 2 rings (SSSR count). The van der Waals surface area contributed by atoms with Gasteiger partial charge in [-0.2, -0.15) is 0 Å². The number of aryl methyl sites for hydroxylation is 1. The number of ether oxygens (including phenoxy) is 1. The van der Waals surface area contributed by atoms with Crippen molar-refractivity contribution in [3.05, 3.63) is 29.3 Å². The molecule has 2 nitrogen and oxygen atoms in total. The molecule has 2 heteroatoms. The summed E-state index contributed by atoms with van der Waals surface area (Å²) in [5.41, 5.74) is 3.07. The molecule has 0 aromatic heterocycles. The van der Waals surface area contributed by atoms with E-state index >= 15 is 0 Å². The molecular formula is C18H29NO. The van der Waals surface area contributed by atoms with E-state index in [0.29, 0.717) is 0 Å². The lowest BCUT2D eigenvalue weighted by molar-refractivity contribution is 0.276. The van der Waals surface area contributed by atoms with Gasteiger partial charge in [-0.1, -0.05) is 32.0 Å². The molecule has 0 spiro atoms. The summed E-state index contributed by atoms with van der Waals surface area (Å²) < 4.78 is 5.97. The zero-order valence-corrected chi connectivity index (χ0v) is 13.7. The van der Waals surface area contributed by atoms with Crippen molar-refractivity contribution in [2.24, 2.45) is 0 Å². The van der Waals surface area contributed by atoms with Crippen LogP contribution in [0.2, 0.25) is 0 Å². The Morgan fingerprint density at radius 2 is 1.90 bits per heavy atom. The summed E-state index contributed by atoms with van der Waals surface area (Å²) in [7, 11) is 0. The van der Waals surface area contributed by atoms with E-state index in [-0.39, 0.29) is 11.0 Å². The fourth-order valence-corrected chi connectivity index (χ4v) is 2.81. The van der Waals surface area contributed by atoms with Crippen LogP contribution in [0.3, 0.4) is 0 Å². The van der Waals surface area contributed by atoms with Crippen LogP contribution in [0.15, 0.2) is 18.2 Å². The molecule has 0 atom stereocenters. The van der Waals surface area contributed by atoms with Crippen molar-refractivity contribution in [1.82, 2.24) is 5.32 Å². The third kappa shape index (κ3) is 3.76. The second-order valence-corrected chi connectivity index (χ2v) is 7.56. The minimum Gasteiger partial charge on any atom is -0.493 e. The predicted octanol–water partition coefficient (Wildman–Crippen LogP) is 4.07. The van der Waals surface area contributed by atoms with Crippen LogP contribution < -0.4 is 10.1 Å². The lowest BCUT2D eigenvalue weighted by Gasteiger charge is -2.32. The summed E-state index contributed by atoms with van der Waals surface area (Å²) >= 11 is 0. The van der Waals surface area contributed by atoms with Crippen molar-refractivity contribution in [2.75, 3.05) is 13.2 Å². The maximum atomic E-state index is 5.97. The van der Waals surface area contributed by atoms with Crippen LogP contribution in [-0.2, 0) is 11.8 Å². The summed E-state index contributed by atoms with van der Waals surface area (Å²) in [4.78, 5) is 0. The van der Waals surface area contributed by atoms with Gasteiger partial charge in [0, 0.05) is 11.1 Å². The average molecular weight is 275 g/mol. The second-order valence-electron chi connectivity index (χ2n) is 7.56. The quantitative estimate of drug-likeness (QED) is 0.894. The van der Waals surface area contributed by atoms with Crippen LogP contribution in [0.1, 0.15) is 58.6 Å². The van der Waals surface area contributed by atoms with E-state index in [2.05, 4.69) is 58.1 Å². The second kappa shape index (κ2) is 5.77. The van der Waals surface area contributed by atoms with Gasteiger partial charge < -0.3 is 10.1 Å². The predicted molar refractivity (Wildman–Crippen MR) is 85.7 cm³/mol. The molecule has 0 radical (unpaired) electrons. The number of para-hydroxylation sites is 1. The van der Waals surface area contributed by atoms with Crippen LogP contribution in [0.4, 0.5) is 0 Å². The highest BCUT2D eigenvalue weighted by atomic mass is 16.5. The van der Waals surface area contributed by atoms with Gasteiger partial charge in [0.2, 0.25) is 0 Å². The highest BCUT2D eigenvalue weighted by Crippen LogP contribution is 2.38. The van der Waals surface area contributed by atoms with E-state index in [1.807, 2.05) is 0 Å². The van der Waals surface area contributed by atoms with Crippen molar-refractivity contribution >= 4 is 0 Å². The van der Waals surface area contributed by atoms with Gasteiger partial charge in [-0.05, 0) is 57.6 Å². The highest BCUT2D eigenvalue weighted by molar-refractivity contribution is 5.46. The van der Waals surface area contributed by atoms with E-state index in [1.165, 1.54) is 11.1 Å². The first-order chi connectivity index (χ1) is 9.30. The van der Waals surface area contributed by atoms with E-state index in [0.717, 1.165) is 38.2 Å². The third-order valence-corrected chi connectivity index (χ3v) is 4.07. The van der Waals surface area contributed by atoms with E-state index < -0.39 is 0 Å². The molecule has 1 aliphatic heterocycles. The Morgan fingerprint density at radius 1 is 1.15 bits per heavy atom. The van der Waals surface area contributed by atoms with Crippen LogP contribution in [-0.4, -0.2) is 18.7 Å². The van der Waals surface area contributed by atoms with Crippen molar-refractivity contribution in [2.45, 2.75) is 64.8 Å². The smallest absolute Gasteiger partial charge is 0.126 e. The molecule has 1 aliphatic rings. The lowest BCUT2D eigenvalue weighted by Crippen LogP contribution is -2.38. The van der Waals surface area contributed by atoms with Crippen molar-refractivity contribution < 1.29 is 4.74 Å². The first-order valence-corrected chi connectivity index (χ1v) is 7.80. The monoisotopic (exact) mass is 275 g/mol. The molecule has 0 saturated heterocycles. The highest BCUT2D eigenvalue weighted by Gasteiger charge is 2.27. The summed E-state index contributed by atoms with van der Waals surface area (Å²) in [5, 5.41) is 3.59. The number of hydrogen-bond acceptors (Lipinski definition) is 2. The third-order valence-electron chi connectivity index (χ3n) is 4.07. The van der Waals surface area contributed by atoms with Crippen molar-refractivity contribution in [1.29, 1.82) is 0 Å². The SMILES string of the molecule is CC(C)(C)NCCC(C)(C)c1cccc2c1OCCC2. The normalized spacial score (nSPS) is 15.7. The van der Waals surface area contributed by atoms with Crippen LogP contribution in [0.5, 0.6) is 5.75 Å². The fraction of sp³-hybridized carbons (Fsp3) is 0.667. The topological polar surface area (TPSA) is 21.3 Å². The van der Waals surface area contributed by atoms with Gasteiger partial charge in [-0.25, -0.2) is 0 Å². The molecular weight excluding hydrogens is 246 g/mol. The molecule has 0 unspecified atom stereocenters. The average Bonchev–Trinajstić information content (AvgIpc) is 2.36. The van der Waals surface area contributed by atoms with Gasteiger partial charge >= 0.3 is 0 Å². The Morgan fingerprint density at radius 3 is 2.60 bits per heavy atom. The molecule has 0 saturated carbocycles. The summed E-state index contributed by atoms with van der Waals surface area (Å²) in [5.74, 6) is 1.15. The van der Waals surface area contributed by atoms with Gasteiger partial charge in [0.05, 0.1) is 6.61 Å². The molecule has 0 bridgehead atoms. The largest absolute Gasteiger partial charge is 0.493 e. The molecule has 112 valence electrons. The Labute approximate surface area is 123 Å². The standard InChI is InChI=1S/C18H29NO/c1-17(2,3)19-12-11-18(4,5)15-10-6-8-14-9-7-13-20-16(14)15/h6,8,10,19H,7,9,11-13H2,1-5H3. The number of fused-ring (bicyclic) bond motifs is 1. The van der Waals surface area contributed by atoms with Crippen molar-refractivity contribution in [3.63, 3.8) is 0 Å². The van der Waals surface area contributed by atoms with Gasteiger partial charge in [0.1, 0.15) is 5.75 Å². The van der Waals surface area contributed by atoms with E-state index in [9.17, 15) is 0 Å². The van der Waals surface area contributed by atoms with Gasteiger partial charge in [0.25, 0.3) is 0 Å². The molecule has 20 heavy (non-hydrogen) atoms. The van der Waals surface area contributed by atoms with Crippen LogP contribution >= 0.6 is 0 Å². The van der Waals surface area contributed by atoms with Gasteiger partial charge in [-0.3, -0.25) is 0 Å². The Balaban J connectivity index is 2.13. The van der Waals surface area contributed by atoms with Crippen molar-refractivity contribution in [3.8, 4) is 5.75 Å². The summed E-state index contributed by atoms with van der Waals surface area (Å²) in [6.07, 6.45) is 3.41. The zero-order chi connectivity index (χ0) is 14.8. The van der Waals surface area contributed by atoms with Crippen LogP contribution in [0, 0.1) is 0 Å². The van der Waals surface area contributed by atoms with Gasteiger partial charge in [0.15, 0.2) is 0 Å². The first-order valence-electron chi connectivity index (χ1n) is 7.80. The molecule has 0 amide bonds. The molecule has 1 aromatic carbocycles. The van der Waals surface area contributed by atoms with E-state index in [1.54, 1.807) is 0 Å². The fourth-order valence-electron chi connectivity index (χ4n) is 2.81. The molecule has 1 heterocycles. The minimum atomic E-state index is 0.140. The Kier molecular flexibility index (Phi) is 4.43. The molecule has 0 fully saturated rings. The maximum Gasteiger partial charge on any atom is 0.126 e. The van der Waals surface area contributed by atoms with E-state index in [4.69, 9.17) is 4.74 Å².